The van der Waals surface area contributed by atoms with Crippen molar-refractivity contribution in [3.8, 4) is 34.4 Å². The average molecular weight is 363 g/mol. The second-order valence-corrected chi connectivity index (χ2v) is 5.81. The van der Waals surface area contributed by atoms with Gasteiger partial charge in [0, 0.05) is 37.1 Å². The molecule has 0 radical (unpaired) electrons. The predicted octanol–water partition coefficient (Wildman–Crippen LogP) is 2.95. The molecule has 1 N–H and O–H groups in total. The summed E-state index contributed by atoms with van der Waals surface area (Å²) >= 11 is 0. The first-order valence-electron chi connectivity index (χ1n) is 8.37. The van der Waals surface area contributed by atoms with E-state index in [9.17, 15) is 5.11 Å². The van der Waals surface area contributed by atoms with Crippen LogP contribution in [-0.2, 0) is 13.0 Å². The van der Waals surface area contributed by atoms with Crippen molar-refractivity contribution in [3.63, 3.8) is 0 Å². The van der Waals surface area contributed by atoms with Gasteiger partial charge in [-0.25, -0.2) is 4.98 Å². The fourth-order valence-corrected chi connectivity index (χ4v) is 2.75. The van der Waals surface area contributed by atoms with Crippen molar-refractivity contribution in [1.82, 2.24) is 24.7 Å². The summed E-state index contributed by atoms with van der Waals surface area (Å²) in [6.07, 6.45) is 5.81. The van der Waals surface area contributed by atoms with E-state index in [2.05, 4.69) is 20.1 Å². The zero-order chi connectivity index (χ0) is 18.6. The van der Waals surface area contributed by atoms with Crippen LogP contribution in [0.5, 0.6) is 11.5 Å². The van der Waals surface area contributed by atoms with Gasteiger partial charge in [0.05, 0.1) is 7.11 Å². The highest BCUT2D eigenvalue weighted by Gasteiger charge is 2.12. The Labute approximate surface area is 155 Å². The first-order chi connectivity index (χ1) is 13.2. The lowest BCUT2D eigenvalue weighted by Crippen LogP contribution is -2.03. The lowest BCUT2D eigenvalue weighted by molar-refractivity contribution is 0.372. The highest BCUT2D eigenvalue weighted by Crippen LogP contribution is 2.30. The van der Waals surface area contributed by atoms with E-state index in [4.69, 9.17) is 9.26 Å². The number of imidazole rings is 1. The largest absolute Gasteiger partial charge is 0.504 e. The van der Waals surface area contributed by atoms with Crippen molar-refractivity contribution in [3.05, 3.63) is 60.9 Å². The van der Waals surface area contributed by atoms with Gasteiger partial charge in [0.15, 0.2) is 11.5 Å². The summed E-state index contributed by atoms with van der Waals surface area (Å²) in [6, 6.07) is 10.7. The summed E-state index contributed by atoms with van der Waals surface area (Å²) < 4.78 is 12.4. The van der Waals surface area contributed by atoms with Crippen molar-refractivity contribution < 1.29 is 14.4 Å². The maximum Gasteiger partial charge on any atom is 0.228 e. The Morgan fingerprint density at radius 3 is 2.85 bits per heavy atom. The number of phenols is 1. The number of aromatic hydroxyl groups is 1. The minimum absolute atomic E-state index is 0.0708. The molecule has 0 aliphatic carbocycles. The van der Waals surface area contributed by atoms with E-state index in [1.54, 1.807) is 24.5 Å². The topological polar surface area (TPSA) is 99.1 Å². The Bertz CT molecular complexity index is 1040. The molecule has 27 heavy (non-hydrogen) atoms. The fourth-order valence-electron chi connectivity index (χ4n) is 2.75. The number of ether oxygens (including phenoxy) is 1. The summed E-state index contributed by atoms with van der Waals surface area (Å²) in [5.41, 5.74) is 1.46. The molecule has 0 saturated heterocycles. The zero-order valence-corrected chi connectivity index (χ0v) is 14.6. The molecule has 136 valence electrons. The van der Waals surface area contributed by atoms with Crippen molar-refractivity contribution in [2.24, 2.45) is 0 Å². The maximum atomic E-state index is 10.00. The van der Waals surface area contributed by atoms with Crippen LogP contribution in [0.25, 0.3) is 22.9 Å². The molecule has 8 heteroatoms. The standard InChI is InChI=1S/C19H17N5O3/c1-26-16-6-5-13(12-15(16)25)19-21-9-11-24(19)10-7-17-22-18(23-27-17)14-4-2-3-8-20-14/h2-6,8-9,11-12,25H,7,10H2,1H3. The van der Waals surface area contributed by atoms with E-state index in [-0.39, 0.29) is 5.75 Å². The minimum atomic E-state index is 0.0708. The number of rotatable bonds is 6. The molecule has 0 spiro atoms. The van der Waals surface area contributed by atoms with E-state index in [1.807, 2.05) is 35.0 Å². The van der Waals surface area contributed by atoms with E-state index in [0.29, 0.717) is 36.1 Å². The molecular formula is C19H17N5O3. The first kappa shape index (κ1) is 16.8. The first-order valence-corrected chi connectivity index (χ1v) is 8.37. The summed E-state index contributed by atoms with van der Waals surface area (Å²) in [5, 5.41) is 14.0. The Kier molecular flexibility index (Phi) is 4.52. The SMILES string of the molecule is COc1ccc(-c2nccn2CCc2nc(-c3ccccn3)no2)cc1O. The minimum Gasteiger partial charge on any atom is -0.504 e. The summed E-state index contributed by atoms with van der Waals surface area (Å²) in [5.74, 6) is 2.22. The van der Waals surface area contributed by atoms with Crippen LogP contribution in [0.4, 0.5) is 0 Å². The Morgan fingerprint density at radius 2 is 2.07 bits per heavy atom. The van der Waals surface area contributed by atoms with E-state index in [0.717, 1.165) is 11.4 Å². The molecule has 3 heterocycles. The number of hydrogen-bond acceptors (Lipinski definition) is 7. The third kappa shape index (κ3) is 3.50. The molecular weight excluding hydrogens is 346 g/mol. The second kappa shape index (κ2) is 7.28. The molecule has 0 atom stereocenters. The van der Waals surface area contributed by atoms with Gasteiger partial charge in [-0.1, -0.05) is 11.2 Å². The monoisotopic (exact) mass is 363 g/mol. The lowest BCUT2D eigenvalue weighted by Gasteiger charge is -2.08. The molecule has 0 amide bonds. The molecule has 0 aliphatic rings. The lowest BCUT2D eigenvalue weighted by atomic mass is 10.2. The number of methoxy groups -OCH3 is 1. The molecule has 0 unspecified atom stereocenters. The predicted molar refractivity (Wildman–Crippen MR) is 97.1 cm³/mol. The molecule has 0 aliphatic heterocycles. The van der Waals surface area contributed by atoms with Crippen molar-refractivity contribution in [2.75, 3.05) is 7.11 Å². The van der Waals surface area contributed by atoms with Crippen LogP contribution in [0.15, 0.2) is 59.5 Å². The number of aromatic nitrogens is 5. The summed E-state index contributed by atoms with van der Waals surface area (Å²) in [6.45, 7) is 0.603. The summed E-state index contributed by atoms with van der Waals surface area (Å²) in [7, 11) is 1.51. The zero-order valence-electron chi connectivity index (χ0n) is 14.6. The maximum absolute atomic E-state index is 10.00. The van der Waals surface area contributed by atoms with Crippen LogP contribution in [0.1, 0.15) is 5.89 Å². The van der Waals surface area contributed by atoms with E-state index >= 15 is 0 Å². The molecule has 0 saturated carbocycles. The van der Waals surface area contributed by atoms with Crippen molar-refractivity contribution in [1.29, 1.82) is 0 Å². The van der Waals surface area contributed by atoms with Gasteiger partial charge >= 0.3 is 0 Å². The molecule has 0 bridgehead atoms. The van der Waals surface area contributed by atoms with Gasteiger partial charge in [0.1, 0.15) is 11.5 Å². The molecule has 8 nitrogen and oxygen atoms in total. The van der Waals surface area contributed by atoms with Crippen molar-refractivity contribution in [2.45, 2.75) is 13.0 Å². The summed E-state index contributed by atoms with van der Waals surface area (Å²) in [4.78, 5) is 13.0. The number of aryl methyl sites for hydroxylation is 2. The highest BCUT2D eigenvalue weighted by atomic mass is 16.5. The van der Waals surface area contributed by atoms with Crippen LogP contribution in [-0.4, -0.2) is 36.9 Å². The van der Waals surface area contributed by atoms with Gasteiger partial charge < -0.3 is 18.9 Å². The molecule has 1 aromatic carbocycles. The van der Waals surface area contributed by atoms with Gasteiger partial charge in [0.2, 0.25) is 11.7 Å². The smallest absolute Gasteiger partial charge is 0.228 e. The number of benzene rings is 1. The number of pyridine rings is 1. The molecule has 4 aromatic rings. The number of phenolic OH excluding ortho intramolecular Hbond substituents is 1. The Balaban J connectivity index is 1.50. The van der Waals surface area contributed by atoms with Crippen LogP contribution in [0.3, 0.4) is 0 Å². The van der Waals surface area contributed by atoms with Crippen LogP contribution >= 0.6 is 0 Å². The Hall–Kier alpha value is -3.68. The third-order valence-electron chi connectivity index (χ3n) is 4.08. The molecule has 4 rings (SSSR count). The number of nitrogens with zero attached hydrogens (tertiary/aromatic N) is 5. The normalized spacial score (nSPS) is 10.9. The molecule has 3 aromatic heterocycles. The number of hydrogen-bond donors (Lipinski definition) is 1. The van der Waals surface area contributed by atoms with Crippen LogP contribution in [0.2, 0.25) is 0 Å². The van der Waals surface area contributed by atoms with Gasteiger partial charge in [0.25, 0.3) is 0 Å². The van der Waals surface area contributed by atoms with Gasteiger partial charge in [-0.15, -0.1) is 0 Å². The third-order valence-corrected chi connectivity index (χ3v) is 4.08. The van der Waals surface area contributed by atoms with Crippen LogP contribution < -0.4 is 4.74 Å². The van der Waals surface area contributed by atoms with Crippen molar-refractivity contribution >= 4 is 0 Å². The van der Waals surface area contributed by atoms with Gasteiger partial charge in [-0.2, -0.15) is 4.98 Å². The van der Waals surface area contributed by atoms with Gasteiger partial charge in [-0.3, -0.25) is 4.98 Å². The van der Waals surface area contributed by atoms with E-state index < -0.39 is 0 Å². The van der Waals surface area contributed by atoms with E-state index in [1.165, 1.54) is 7.11 Å². The van der Waals surface area contributed by atoms with Gasteiger partial charge in [-0.05, 0) is 30.3 Å². The quantitative estimate of drug-likeness (QED) is 0.562. The second-order valence-electron chi connectivity index (χ2n) is 5.81. The molecule has 0 fully saturated rings. The Morgan fingerprint density at radius 1 is 1.15 bits per heavy atom. The highest BCUT2D eigenvalue weighted by molar-refractivity contribution is 5.61. The fraction of sp³-hybridized carbons (Fsp3) is 0.158. The van der Waals surface area contributed by atoms with Crippen LogP contribution in [0, 0.1) is 0 Å². The average Bonchev–Trinajstić information content (AvgIpc) is 3.36.